The first-order valence-corrected chi connectivity index (χ1v) is 3.38. The number of hydrogen-bond acceptors (Lipinski definition) is 5. The van der Waals surface area contributed by atoms with Crippen LogP contribution in [0.1, 0.15) is 6.92 Å². The molecule has 12 heavy (non-hydrogen) atoms. The summed E-state index contributed by atoms with van der Waals surface area (Å²) >= 11 is 0. The summed E-state index contributed by atoms with van der Waals surface area (Å²) in [6.07, 6.45) is -4.61. The maximum atomic E-state index is 10.5. The van der Waals surface area contributed by atoms with Gasteiger partial charge >= 0.3 is 5.97 Å². The van der Waals surface area contributed by atoms with Crippen LogP contribution in [0.2, 0.25) is 0 Å². The van der Waals surface area contributed by atoms with Crippen LogP contribution in [0.5, 0.6) is 0 Å². The highest BCUT2D eigenvalue weighted by Gasteiger charge is 2.58. The number of ether oxygens (including phenoxy) is 1. The minimum absolute atomic E-state index is 1.14. The van der Waals surface area contributed by atoms with Gasteiger partial charge in [-0.2, -0.15) is 0 Å². The zero-order valence-electron chi connectivity index (χ0n) is 6.34. The molecule has 1 aliphatic heterocycles. The molecule has 0 aromatic carbocycles. The van der Waals surface area contributed by atoms with Crippen LogP contribution in [-0.4, -0.2) is 50.5 Å². The molecule has 1 heterocycles. The average molecular weight is 178 g/mol. The van der Waals surface area contributed by atoms with Gasteiger partial charge in [0.1, 0.15) is 12.2 Å². The van der Waals surface area contributed by atoms with E-state index in [4.69, 9.17) is 15.3 Å². The smallest absolute Gasteiger partial charge is 0.341 e. The maximum Gasteiger partial charge on any atom is 0.341 e. The third-order valence-electron chi connectivity index (χ3n) is 2.03. The summed E-state index contributed by atoms with van der Waals surface area (Å²) in [4.78, 5) is 10.5. The van der Waals surface area contributed by atoms with Crippen LogP contribution in [0.3, 0.4) is 0 Å². The van der Waals surface area contributed by atoms with E-state index in [-0.39, 0.29) is 0 Å². The van der Waals surface area contributed by atoms with Crippen molar-refractivity contribution in [1.82, 2.24) is 0 Å². The highest BCUT2D eigenvalue weighted by atomic mass is 16.6. The number of rotatable bonds is 1. The van der Waals surface area contributed by atoms with Gasteiger partial charge in [-0.1, -0.05) is 0 Å². The Kier molecular flexibility index (Phi) is 2.09. The summed E-state index contributed by atoms with van der Waals surface area (Å²) in [5, 5.41) is 35.8. The van der Waals surface area contributed by atoms with Gasteiger partial charge in [0.15, 0.2) is 6.29 Å². The molecule has 1 saturated heterocycles. The lowest BCUT2D eigenvalue weighted by molar-refractivity contribution is -0.172. The lowest BCUT2D eigenvalue weighted by Gasteiger charge is -2.23. The predicted octanol–water partition coefficient (Wildman–Crippen LogP) is -2.10. The van der Waals surface area contributed by atoms with Crippen LogP contribution in [-0.2, 0) is 9.53 Å². The molecule has 4 atom stereocenters. The van der Waals surface area contributed by atoms with E-state index in [1.165, 1.54) is 6.92 Å². The SMILES string of the molecule is C[C@@H]1O[C@@H](O)[C@H](O)[C@@]1(O)C(=O)O. The summed E-state index contributed by atoms with van der Waals surface area (Å²) in [5.74, 6) is -1.61. The first kappa shape index (κ1) is 9.40. The van der Waals surface area contributed by atoms with E-state index in [0.717, 1.165) is 0 Å². The highest BCUT2D eigenvalue weighted by Crippen LogP contribution is 2.29. The fraction of sp³-hybridized carbons (Fsp3) is 0.833. The minimum atomic E-state index is -2.42. The molecule has 0 spiro atoms. The Morgan fingerprint density at radius 2 is 2.00 bits per heavy atom. The van der Waals surface area contributed by atoms with Gasteiger partial charge in [-0.3, -0.25) is 0 Å². The van der Waals surface area contributed by atoms with E-state index < -0.39 is 30.1 Å². The molecule has 0 bridgehead atoms. The van der Waals surface area contributed by atoms with Crippen molar-refractivity contribution >= 4 is 5.97 Å². The van der Waals surface area contributed by atoms with Crippen molar-refractivity contribution < 1.29 is 30.0 Å². The Balaban J connectivity index is 2.95. The van der Waals surface area contributed by atoms with E-state index in [1.54, 1.807) is 0 Å². The van der Waals surface area contributed by atoms with E-state index in [1.807, 2.05) is 0 Å². The summed E-state index contributed by atoms with van der Waals surface area (Å²) in [6, 6.07) is 0. The number of aliphatic carboxylic acids is 1. The summed E-state index contributed by atoms with van der Waals surface area (Å²) < 4.78 is 4.53. The third kappa shape index (κ3) is 1.00. The fourth-order valence-electron chi connectivity index (χ4n) is 1.15. The Morgan fingerprint density at radius 3 is 2.17 bits per heavy atom. The number of aliphatic hydroxyl groups excluding tert-OH is 2. The zero-order valence-corrected chi connectivity index (χ0v) is 6.34. The summed E-state index contributed by atoms with van der Waals surface area (Å²) in [7, 11) is 0. The van der Waals surface area contributed by atoms with Crippen molar-refractivity contribution in [2.24, 2.45) is 0 Å². The lowest BCUT2D eigenvalue weighted by Crippen LogP contribution is -2.53. The van der Waals surface area contributed by atoms with Crippen molar-refractivity contribution in [2.45, 2.75) is 31.0 Å². The fourth-order valence-corrected chi connectivity index (χ4v) is 1.15. The van der Waals surface area contributed by atoms with E-state index in [2.05, 4.69) is 4.74 Å². The third-order valence-corrected chi connectivity index (χ3v) is 2.03. The van der Waals surface area contributed by atoms with Crippen molar-refractivity contribution in [3.63, 3.8) is 0 Å². The monoisotopic (exact) mass is 178 g/mol. The summed E-state index contributed by atoms with van der Waals surface area (Å²) in [6.45, 7) is 1.26. The molecule has 1 fully saturated rings. The van der Waals surface area contributed by atoms with E-state index in [9.17, 15) is 9.90 Å². The molecule has 0 unspecified atom stereocenters. The highest BCUT2D eigenvalue weighted by molar-refractivity contribution is 5.79. The Bertz CT molecular complexity index is 204. The van der Waals surface area contributed by atoms with Gasteiger partial charge in [0, 0.05) is 0 Å². The number of carboxylic acid groups (broad SMARTS) is 1. The molecule has 0 amide bonds. The normalized spacial score (nSPS) is 47.8. The maximum absolute atomic E-state index is 10.5. The molecule has 6 nitrogen and oxygen atoms in total. The molecule has 0 aliphatic carbocycles. The Hall–Kier alpha value is -0.690. The molecule has 0 aromatic heterocycles. The van der Waals surface area contributed by atoms with Crippen molar-refractivity contribution in [3.8, 4) is 0 Å². The van der Waals surface area contributed by atoms with Crippen molar-refractivity contribution in [2.75, 3.05) is 0 Å². The molecule has 0 saturated carbocycles. The lowest BCUT2D eigenvalue weighted by atomic mass is 9.94. The molecular weight excluding hydrogens is 168 g/mol. The Labute approximate surface area is 68.0 Å². The van der Waals surface area contributed by atoms with Crippen LogP contribution >= 0.6 is 0 Å². The average Bonchev–Trinajstić information content (AvgIpc) is 2.16. The molecule has 70 valence electrons. The Morgan fingerprint density at radius 1 is 1.50 bits per heavy atom. The van der Waals surface area contributed by atoms with Gasteiger partial charge in [-0.05, 0) is 6.92 Å². The molecule has 0 aromatic rings. The number of carboxylic acids is 1. The quantitative estimate of drug-likeness (QED) is 0.366. The second kappa shape index (κ2) is 2.67. The van der Waals surface area contributed by atoms with Gasteiger partial charge in [0.25, 0.3) is 0 Å². The number of hydrogen-bond donors (Lipinski definition) is 4. The molecular formula is C6H10O6. The minimum Gasteiger partial charge on any atom is -0.479 e. The number of aliphatic hydroxyl groups is 3. The van der Waals surface area contributed by atoms with Crippen LogP contribution < -0.4 is 0 Å². The predicted molar refractivity (Wildman–Crippen MR) is 35.1 cm³/mol. The van der Waals surface area contributed by atoms with Crippen molar-refractivity contribution in [3.05, 3.63) is 0 Å². The first-order valence-electron chi connectivity index (χ1n) is 3.38. The van der Waals surface area contributed by atoms with Crippen molar-refractivity contribution in [1.29, 1.82) is 0 Å². The molecule has 6 heteroatoms. The zero-order chi connectivity index (χ0) is 9.52. The van der Waals surface area contributed by atoms with Crippen LogP contribution in [0.4, 0.5) is 0 Å². The van der Waals surface area contributed by atoms with Gasteiger partial charge in [0.05, 0.1) is 0 Å². The van der Waals surface area contributed by atoms with E-state index >= 15 is 0 Å². The summed E-state index contributed by atoms with van der Waals surface area (Å²) in [5.41, 5.74) is -2.42. The standard InChI is InChI=1S/C6H10O6/c1-2-6(11,5(9)10)3(7)4(8)12-2/h2-4,7-8,11H,1H3,(H,9,10)/t2-,3-,4+,6+/m0/s1. The molecule has 1 rings (SSSR count). The molecule has 0 radical (unpaired) electrons. The molecule has 4 N–H and O–H groups in total. The van der Waals surface area contributed by atoms with Crippen LogP contribution in [0.15, 0.2) is 0 Å². The van der Waals surface area contributed by atoms with Crippen LogP contribution in [0.25, 0.3) is 0 Å². The number of carbonyl (C=O) groups is 1. The molecule has 1 aliphatic rings. The van der Waals surface area contributed by atoms with Gasteiger partial charge in [0.2, 0.25) is 5.60 Å². The largest absolute Gasteiger partial charge is 0.479 e. The van der Waals surface area contributed by atoms with Gasteiger partial charge in [-0.15, -0.1) is 0 Å². The second-order valence-electron chi connectivity index (χ2n) is 2.74. The second-order valence-corrected chi connectivity index (χ2v) is 2.74. The topological polar surface area (TPSA) is 107 Å². The first-order chi connectivity index (χ1) is 5.40. The van der Waals surface area contributed by atoms with E-state index in [0.29, 0.717) is 0 Å². The van der Waals surface area contributed by atoms with Gasteiger partial charge < -0.3 is 25.2 Å². The van der Waals surface area contributed by atoms with Gasteiger partial charge in [-0.25, -0.2) is 4.79 Å². The van der Waals surface area contributed by atoms with Crippen LogP contribution in [0, 0.1) is 0 Å².